The average molecular weight is 364 g/mol. The monoisotopic (exact) mass is 363 g/mol. The molecular formula is C23H25NOS. The quantitative estimate of drug-likeness (QED) is 0.539. The minimum atomic E-state index is 0.404. The van der Waals surface area contributed by atoms with Gasteiger partial charge < -0.3 is 4.74 Å². The van der Waals surface area contributed by atoms with Gasteiger partial charge in [-0.15, -0.1) is 11.3 Å². The van der Waals surface area contributed by atoms with Crippen molar-refractivity contribution in [2.75, 3.05) is 0 Å². The highest BCUT2D eigenvalue weighted by molar-refractivity contribution is 7.09. The lowest BCUT2D eigenvalue weighted by Crippen LogP contribution is -2.11. The van der Waals surface area contributed by atoms with Gasteiger partial charge in [0, 0.05) is 18.0 Å². The molecule has 1 saturated carbocycles. The van der Waals surface area contributed by atoms with Crippen LogP contribution in [0, 0.1) is 6.92 Å². The predicted molar refractivity (Wildman–Crippen MR) is 108 cm³/mol. The molecule has 0 N–H and O–H groups in total. The Hall–Kier alpha value is -2.13. The SMILES string of the molecule is Cc1ccc(Cc2ccccc2Cc2nccs2)cc1OC1CCCC1. The van der Waals surface area contributed by atoms with E-state index in [0.29, 0.717) is 6.10 Å². The Labute approximate surface area is 159 Å². The molecule has 1 aromatic heterocycles. The van der Waals surface area contributed by atoms with Gasteiger partial charge >= 0.3 is 0 Å². The lowest BCUT2D eigenvalue weighted by Gasteiger charge is -2.17. The van der Waals surface area contributed by atoms with E-state index in [1.165, 1.54) is 52.9 Å². The fourth-order valence-electron chi connectivity index (χ4n) is 3.69. The molecule has 0 aliphatic heterocycles. The number of hydrogen-bond acceptors (Lipinski definition) is 3. The Morgan fingerprint density at radius 2 is 1.81 bits per heavy atom. The van der Waals surface area contributed by atoms with Crippen LogP contribution >= 0.6 is 11.3 Å². The van der Waals surface area contributed by atoms with Crippen molar-refractivity contribution in [3.63, 3.8) is 0 Å². The third-order valence-corrected chi connectivity index (χ3v) is 5.97. The first kappa shape index (κ1) is 17.3. The van der Waals surface area contributed by atoms with Crippen molar-refractivity contribution in [3.05, 3.63) is 81.3 Å². The number of benzene rings is 2. The molecule has 1 fully saturated rings. The van der Waals surface area contributed by atoms with Crippen molar-refractivity contribution in [3.8, 4) is 5.75 Å². The summed E-state index contributed by atoms with van der Waals surface area (Å²) in [5.74, 6) is 1.06. The smallest absolute Gasteiger partial charge is 0.122 e. The standard InChI is InChI=1S/C23H25NOS/c1-17-10-11-18(15-22(17)25-21-8-4-5-9-21)14-19-6-2-3-7-20(19)16-23-24-12-13-26-23/h2-3,6-7,10-13,15,21H,4-5,8-9,14,16H2,1H3. The molecule has 3 aromatic rings. The van der Waals surface area contributed by atoms with Gasteiger partial charge in [0.25, 0.3) is 0 Å². The Morgan fingerprint density at radius 3 is 2.54 bits per heavy atom. The first-order valence-corrected chi connectivity index (χ1v) is 10.4. The van der Waals surface area contributed by atoms with Crippen LogP contribution in [0.15, 0.2) is 54.0 Å². The van der Waals surface area contributed by atoms with Crippen LogP contribution in [0.3, 0.4) is 0 Å². The molecule has 2 nitrogen and oxygen atoms in total. The van der Waals surface area contributed by atoms with Gasteiger partial charge in [-0.25, -0.2) is 4.98 Å². The average Bonchev–Trinajstić information content (AvgIpc) is 3.34. The Morgan fingerprint density at radius 1 is 1.04 bits per heavy atom. The molecule has 26 heavy (non-hydrogen) atoms. The Bertz CT molecular complexity index is 850. The predicted octanol–water partition coefficient (Wildman–Crippen LogP) is 5.95. The van der Waals surface area contributed by atoms with Gasteiger partial charge in [-0.3, -0.25) is 0 Å². The molecule has 0 spiro atoms. The molecule has 1 aliphatic carbocycles. The summed E-state index contributed by atoms with van der Waals surface area (Å²) < 4.78 is 6.29. The van der Waals surface area contributed by atoms with E-state index in [1.54, 1.807) is 11.3 Å². The van der Waals surface area contributed by atoms with Crippen molar-refractivity contribution >= 4 is 11.3 Å². The summed E-state index contributed by atoms with van der Waals surface area (Å²) in [6, 6.07) is 15.4. The summed E-state index contributed by atoms with van der Waals surface area (Å²) in [7, 11) is 0. The highest BCUT2D eigenvalue weighted by atomic mass is 32.1. The maximum atomic E-state index is 6.29. The molecule has 1 heterocycles. The first-order valence-electron chi connectivity index (χ1n) is 9.49. The zero-order chi connectivity index (χ0) is 17.8. The maximum Gasteiger partial charge on any atom is 0.122 e. The molecule has 4 rings (SSSR count). The minimum absolute atomic E-state index is 0.404. The molecule has 0 saturated heterocycles. The molecule has 0 unspecified atom stereocenters. The van der Waals surface area contributed by atoms with Crippen LogP contribution in [0.2, 0.25) is 0 Å². The number of thiazole rings is 1. The van der Waals surface area contributed by atoms with Gasteiger partial charge in [-0.05, 0) is 67.3 Å². The van der Waals surface area contributed by atoms with Crippen molar-refractivity contribution in [1.82, 2.24) is 4.98 Å². The van der Waals surface area contributed by atoms with E-state index in [2.05, 4.69) is 54.4 Å². The molecule has 2 aromatic carbocycles. The molecular weight excluding hydrogens is 338 g/mol. The van der Waals surface area contributed by atoms with Crippen molar-refractivity contribution < 1.29 is 4.74 Å². The highest BCUT2D eigenvalue weighted by Crippen LogP contribution is 2.28. The first-order chi connectivity index (χ1) is 12.8. The molecule has 0 bridgehead atoms. The van der Waals surface area contributed by atoms with Gasteiger partial charge in [0.05, 0.1) is 11.1 Å². The van der Waals surface area contributed by atoms with Crippen LogP contribution in [0.5, 0.6) is 5.75 Å². The number of aromatic nitrogens is 1. The van der Waals surface area contributed by atoms with Crippen LogP contribution in [0.4, 0.5) is 0 Å². The second-order valence-corrected chi connectivity index (χ2v) is 8.15. The van der Waals surface area contributed by atoms with E-state index in [1.807, 2.05) is 11.6 Å². The minimum Gasteiger partial charge on any atom is -0.490 e. The number of nitrogens with zero attached hydrogens (tertiary/aromatic N) is 1. The summed E-state index contributed by atoms with van der Waals surface area (Å²) >= 11 is 1.72. The largest absolute Gasteiger partial charge is 0.490 e. The fourth-order valence-corrected chi connectivity index (χ4v) is 4.33. The summed E-state index contributed by atoms with van der Waals surface area (Å²) in [6.07, 6.45) is 9.12. The summed E-state index contributed by atoms with van der Waals surface area (Å²) in [4.78, 5) is 4.44. The third kappa shape index (κ3) is 4.16. The van der Waals surface area contributed by atoms with Crippen LogP contribution in [-0.4, -0.2) is 11.1 Å². The summed E-state index contributed by atoms with van der Waals surface area (Å²) in [5.41, 5.74) is 5.28. The van der Waals surface area contributed by atoms with E-state index in [4.69, 9.17) is 4.74 Å². The van der Waals surface area contributed by atoms with E-state index in [-0.39, 0.29) is 0 Å². The van der Waals surface area contributed by atoms with Crippen LogP contribution in [0.1, 0.15) is 52.9 Å². The molecule has 134 valence electrons. The lowest BCUT2D eigenvalue weighted by molar-refractivity contribution is 0.208. The van der Waals surface area contributed by atoms with Crippen molar-refractivity contribution in [2.24, 2.45) is 0 Å². The zero-order valence-electron chi connectivity index (χ0n) is 15.3. The van der Waals surface area contributed by atoms with E-state index >= 15 is 0 Å². The van der Waals surface area contributed by atoms with Crippen molar-refractivity contribution in [1.29, 1.82) is 0 Å². The van der Waals surface area contributed by atoms with Gasteiger partial charge in [-0.1, -0.05) is 36.4 Å². The fraction of sp³-hybridized carbons (Fsp3) is 0.348. The summed E-state index contributed by atoms with van der Waals surface area (Å²) in [6.45, 7) is 2.14. The summed E-state index contributed by atoms with van der Waals surface area (Å²) in [5, 5.41) is 3.22. The number of ether oxygens (including phenoxy) is 1. The third-order valence-electron chi connectivity index (χ3n) is 5.19. The van der Waals surface area contributed by atoms with Crippen LogP contribution in [0.25, 0.3) is 0 Å². The Kier molecular flexibility index (Phi) is 5.35. The topological polar surface area (TPSA) is 22.1 Å². The van der Waals surface area contributed by atoms with E-state index < -0.39 is 0 Å². The number of hydrogen-bond donors (Lipinski definition) is 0. The second kappa shape index (κ2) is 8.05. The molecule has 0 radical (unpaired) electrons. The molecule has 0 atom stereocenters. The zero-order valence-corrected chi connectivity index (χ0v) is 16.1. The molecule has 0 amide bonds. The normalized spacial score (nSPS) is 14.7. The Balaban J connectivity index is 1.53. The maximum absolute atomic E-state index is 6.29. The molecule has 1 aliphatic rings. The highest BCUT2D eigenvalue weighted by Gasteiger charge is 2.17. The molecule has 3 heteroatoms. The van der Waals surface area contributed by atoms with Crippen molar-refractivity contribution in [2.45, 2.75) is 51.6 Å². The van der Waals surface area contributed by atoms with Gasteiger partial charge in [-0.2, -0.15) is 0 Å². The van der Waals surface area contributed by atoms with E-state index in [9.17, 15) is 0 Å². The van der Waals surface area contributed by atoms with Crippen LogP contribution < -0.4 is 4.74 Å². The van der Waals surface area contributed by atoms with Gasteiger partial charge in [0.15, 0.2) is 0 Å². The number of aryl methyl sites for hydroxylation is 1. The number of rotatable bonds is 6. The van der Waals surface area contributed by atoms with Gasteiger partial charge in [0.1, 0.15) is 5.75 Å². The van der Waals surface area contributed by atoms with Gasteiger partial charge in [0.2, 0.25) is 0 Å². The second-order valence-electron chi connectivity index (χ2n) is 7.17. The van der Waals surface area contributed by atoms with Crippen LogP contribution in [-0.2, 0) is 12.8 Å². The lowest BCUT2D eigenvalue weighted by atomic mass is 9.97. The van der Waals surface area contributed by atoms with E-state index in [0.717, 1.165) is 18.6 Å².